The van der Waals surface area contributed by atoms with Crippen LogP contribution in [0.2, 0.25) is 0 Å². The fourth-order valence-electron chi connectivity index (χ4n) is 3.97. The van der Waals surface area contributed by atoms with Gasteiger partial charge in [0, 0.05) is 30.8 Å². The van der Waals surface area contributed by atoms with Crippen molar-refractivity contribution in [3.8, 4) is 5.69 Å². The number of carboxylic acid groups (broad SMARTS) is 1. The maximum absolute atomic E-state index is 13.5. The first-order chi connectivity index (χ1) is 16.8. The zero-order chi connectivity index (χ0) is 24.6. The molecule has 2 aromatic carbocycles. The molecule has 3 heterocycles. The highest BCUT2D eigenvalue weighted by Gasteiger charge is 2.34. The number of aromatic carboxylic acids is 1. The van der Waals surface area contributed by atoms with Crippen LogP contribution in [0.15, 0.2) is 76.3 Å². The number of sulfonamides is 1. The number of nitrogens with one attached hydrogen (secondary N) is 1. The second-order valence-corrected chi connectivity index (χ2v) is 11.0. The van der Waals surface area contributed by atoms with Crippen LogP contribution in [0.4, 0.5) is 5.69 Å². The van der Waals surface area contributed by atoms with Crippen molar-refractivity contribution < 1.29 is 23.1 Å². The topological polar surface area (TPSA) is 122 Å². The molecule has 0 spiro atoms. The number of aromatic nitrogens is 2. The van der Waals surface area contributed by atoms with Gasteiger partial charge in [-0.1, -0.05) is 24.3 Å². The Hall–Kier alpha value is -3.80. The third-order valence-electron chi connectivity index (χ3n) is 5.69. The number of nitrogens with zero attached hydrogens (tertiary/aromatic N) is 3. The number of para-hydroxylation sites is 1. The first-order valence-electron chi connectivity index (χ1n) is 10.7. The predicted molar refractivity (Wildman–Crippen MR) is 131 cm³/mol. The van der Waals surface area contributed by atoms with Gasteiger partial charge in [0.1, 0.15) is 9.90 Å². The van der Waals surface area contributed by atoms with E-state index in [4.69, 9.17) is 5.11 Å². The van der Waals surface area contributed by atoms with Crippen LogP contribution in [0.25, 0.3) is 5.69 Å². The zero-order valence-corrected chi connectivity index (χ0v) is 19.9. The quantitative estimate of drug-likeness (QED) is 0.410. The second-order valence-electron chi connectivity index (χ2n) is 7.88. The Morgan fingerprint density at radius 1 is 1.00 bits per heavy atom. The molecule has 9 nitrogen and oxygen atoms in total. The summed E-state index contributed by atoms with van der Waals surface area (Å²) in [6.45, 7) is 0.278. The van der Waals surface area contributed by atoms with Crippen molar-refractivity contribution in [2.75, 3.05) is 11.9 Å². The summed E-state index contributed by atoms with van der Waals surface area (Å²) in [6.07, 6.45) is 0.368. The normalized spacial score (nSPS) is 13.8. The van der Waals surface area contributed by atoms with Crippen molar-refractivity contribution in [1.29, 1.82) is 0 Å². The molecule has 0 fully saturated rings. The summed E-state index contributed by atoms with van der Waals surface area (Å²) in [6, 6.07) is 18.2. The van der Waals surface area contributed by atoms with Gasteiger partial charge in [-0.2, -0.15) is 9.40 Å². The van der Waals surface area contributed by atoms with E-state index in [2.05, 4.69) is 10.4 Å². The van der Waals surface area contributed by atoms with Gasteiger partial charge in [0.25, 0.3) is 15.9 Å². The van der Waals surface area contributed by atoms with E-state index >= 15 is 0 Å². The second kappa shape index (κ2) is 9.10. The molecule has 2 aromatic heterocycles. The molecule has 1 aliphatic heterocycles. The number of hydrogen-bond donors (Lipinski definition) is 2. The third kappa shape index (κ3) is 4.36. The van der Waals surface area contributed by atoms with Crippen LogP contribution in [-0.4, -0.2) is 46.0 Å². The van der Waals surface area contributed by atoms with Gasteiger partial charge in [-0.05, 0) is 47.8 Å². The number of fused-ring (bicyclic) bond motifs is 1. The number of carbonyl (C=O) groups excluding carboxylic acids is 1. The first-order valence-corrected chi connectivity index (χ1v) is 13.0. The van der Waals surface area contributed by atoms with Crippen molar-refractivity contribution in [3.63, 3.8) is 0 Å². The van der Waals surface area contributed by atoms with E-state index in [0.717, 1.165) is 11.3 Å². The van der Waals surface area contributed by atoms with E-state index in [1.165, 1.54) is 33.3 Å². The van der Waals surface area contributed by atoms with Gasteiger partial charge in [0.05, 0.1) is 16.9 Å². The largest absolute Gasteiger partial charge is 0.478 e. The summed E-state index contributed by atoms with van der Waals surface area (Å²) in [5, 5.41) is 18.3. The van der Waals surface area contributed by atoms with Gasteiger partial charge in [-0.25, -0.2) is 17.9 Å². The number of anilines is 1. The lowest BCUT2D eigenvalue weighted by Crippen LogP contribution is -2.36. The van der Waals surface area contributed by atoms with Crippen LogP contribution in [-0.2, 0) is 23.0 Å². The summed E-state index contributed by atoms with van der Waals surface area (Å²) in [5.41, 5.74) is 2.62. The molecule has 5 rings (SSSR count). The number of carboxylic acids is 1. The Kier molecular flexibility index (Phi) is 5.97. The molecule has 0 aliphatic carbocycles. The molecule has 1 aliphatic rings. The average molecular weight is 509 g/mol. The Morgan fingerprint density at radius 3 is 2.40 bits per heavy atom. The lowest BCUT2D eigenvalue weighted by atomic mass is 10.1. The molecule has 0 bridgehead atoms. The predicted octanol–water partition coefficient (Wildman–Crippen LogP) is 3.63. The number of amides is 1. The van der Waals surface area contributed by atoms with Crippen LogP contribution in [0.3, 0.4) is 0 Å². The molecule has 2 N–H and O–H groups in total. The first kappa shape index (κ1) is 23.0. The van der Waals surface area contributed by atoms with E-state index in [1.54, 1.807) is 17.5 Å². The van der Waals surface area contributed by atoms with Gasteiger partial charge in [0.15, 0.2) is 0 Å². The van der Waals surface area contributed by atoms with Gasteiger partial charge in [-0.3, -0.25) is 4.79 Å². The van der Waals surface area contributed by atoms with Gasteiger partial charge >= 0.3 is 5.97 Å². The molecule has 11 heteroatoms. The maximum Gasteiger partial charge on any atom is 0.335 e. The molecule has 35 heavy (non-hydrogen) atoms. The van der Waals surface area contributed by atoms with E-state index in [9.17, 15) is 18.0 Å². The average Bonchev–Trinajstić information content (AvgIpc) is 3.53. The Morgan fingerprint density at radius 2 is 1.74 bits per heavy atom. The summed E-state index contributed by atoms with van der Waals surface area (Å²) >= 11 is 1.15. The lowest BCUT2D eigenvalue weighted by molar-refractivity contribution is 0.0696. The van der Waals surface area contributed by atoms with E-state index < -0.39 is 21.9 Å². The van der Waals surface area contributed by atoms with Crippen molar-refractivity contribution in [2.45, 2.75) is 17.2 Å². The molecule has 0 saturated carbocycles. The summed E-state index contributed by atoms with van der Waals surface area (Å²) in [4.78, 5) is 24.6. The number of benzene rings is 2. The van der Waals surface area contributed by atoms with Crippen LogP contribution in [0.1, 0.15) is 32.1 Å². The molecule has 0 saturated heterocycles. The highest BCUT2D eigenvalue weighted by atomic mass is 32.2. The Labute approximate surface area is 205 Å². The van der Waals surface area contributed by atoms with Gasteiger partial charge < -0.3 is 10.4 Å². The van der Waals surface area contributed by atoms with Crippen molar-refractivity contribution in [2.24, 2.45) is 0 Å². The smallest absolute Gasteiger partial charge is 0.335 e. The standard InChI is InChI=1S/C24H20N4O5S2/c29-23(25-17-10-8-16(9-11-17)24(30)31)22-19-15-27(35(32,33)21-7-4-14-34-21)13-12-20(19)26-28(22)18-5-2-1-3-6-18/h1-11,14H,12-13,15H2,(H,25,29)(H,30,31). The zero-order valence-electron chi connectivity index (χ0n) is 18.3. The molecule has 178 valence electrons. The lowest BCUT2D eigenvalue weighted by Gasteiger charge is -2.25. The minimum absolute atomic E-state index is 0.0170. The fraction of sp³-hybridized carbons (Fsp3) is 0.125. The number of carbonyl (C=O) groups is 2. The molecule has 0 atom stereocenters. The van der Waals surface area contributed by atoms with Crippen LogP contribution < -0.4 is 5.32 Å². The van der Waals surface area contributed by atoms with E-state index in [-0.39, 0.29) is 28.6 Å². The van der Waals surface area contributed by atoms with E-state index in [0.29, 0.717) is 29.1 Å². The van der Waals surface area contributed by atoms with Gasteiger partial charge in [0.2, 0.25) is 0 Å². The number of hydrogen-bond acceptors (Lipinski definition) is 6. The molecule has 0 unspecified atom stereocenters. The highest BCUT2D eigenvalue weighted by molar-refractivity contribution is 7.91. The minimum atomic E-state index is -3.70. The van der Waals surface area contributed by atoms with Crippen LogP contribution >= 0.6 is 11.3 Å². The fourth-order valence-corrected chi connectivity index (χ4v) is 6.52. The molecule has 4 aromatic rings. The molecular formula is C24H20N4O5S2. The maximum atomic E-state index is 13.5. The summed E-state index contributed by atoms with van der Waals surface area (Å²) in [5.74, 6) is -1.54. The number of thiophene rings is 1. The summed E-state index contributed by atoms with van der Waals surface area (Å²) < 4.78 is 29.5. The monoisotopic (exact) mass is 508 g/mol. The van der Waals surface area contributed by atoms with Crippen molar-refractivity contribution in [3.05, 3.63) is 94.6 Å². The van der Waals surface area contributed by atoms with Gasteiger partial charge in [-0.15, -0.1) is 11.3 Å². The SMILES string of the molecule is O=C(O)c1ccc(NC(=O)c2c3c(nn2-c2ccccc2)CCN(S(=O)(=O)c2cccs2)C3)cc1. The van der Waals surface area contributed by atoms with Crippen molar-refractivity contribution in [1.82, 2.24) is 14.1 Å². The minimum Gasteiger partial charge on any atom is -0.478 e. The molecular weight excluding hydrogens is 488 g/mol. The van der Waals surface area contributed by atoms with Crippen LogP contribution in [0, 0.1) is 0 Å². The third-order valence-corrected chi connectivity index (χ3v) is 8.91. The molecule has 1 amide bonds. The summed E-state index contributed by atoms with van der Waals surface area (Å²) in [7, 11) is -3.70. The van der Waals surface area contributed by atoms with E-state index in [1.807, 2.05) is 30.3 Å². The Balaban J connectivity index is 1.54. The molecule has 0 radical (unpaired) electrons. The Bertz CT molecular complexity index is 1500. The van der Waals surface area contributed by atoms with Crippen molar-refractivity contribution >= 4 is 38.9 Å². The number of rotatable bonds is 6. The highest BCUT2D eigenvalue weighted by Crippen LogP contribution is 2.30. The van der Waals surface area contributed by atoms with Crippen LogP contribution in [0.5, 0.6) is 0 Å².